The molecule has 2 N–H and O–H groups in total. The monoisotopic (exact) mass is 570 g/mol. The Kier molecular flexibility index (Phi) is 8.02. The minimum absolute atomic E-state index is 0.243. The van der Waals surface area contributed by atoms with Crippen LogP contribution in [0.2, 0.25) is 5.02 Å². The average Bonchev–Trinajstić information content (AvgIpc) is 3.26. The lowest BCUT2D eigenvalue weighted by Crippen LogP contribution is -2.11. The molecule has 0 bridgehead atoms. The molecular weight excluding hydrogens is 552 g/mol. The number of thiazole rings is 1. The summed E-state index contributed by atoms with van der Waals surface area (Å²) in [6, 6.07) is 19.9. The van der Waals surface area contributed by atoms with E-state index in [1.54, 1.807) is 44.7 Å². The summed E-state index contributed by atoms with van der Waals surface area (Å²) in [7, 11) is 3.15. The Hall–Kier alpha value is -3.40. The number of hydrogen-bond donors (Lipinski definition) is 2. The number of nitrogens with zero attached hydrogens (tertiary/aromatic N) is 2. The molecule has 4 rings (SSSR count). The predicted octanol–water partition coefficient (Wildman–Crippen LogP) is 6.94. The Morgan fingerprint density at radius 3 is 2.49 bits per heavy atom. The second-order valence-electron chi connectivity index (χ2n) is 7.12. The first-order valence-electron chi connectivity index (χ1n) is 10.3. The van der Waals surface area contributed by atoms with E-state index in [1.807, 2.05) is 42.5 Å². The van der Waals surface area contributed by atoms with Crippen LogP contribution in [0, 0.1) is 0 Å². The molecule has 0 atom stereocenters. The summed E-state index contributed by atoms with van der Waals surface area (Å²) in [4.78, 5) is 17.5. The van der Waals surface area contributed by atoms with E-state index in [-0.39, 0.29) is 5.91 Å². The lowest BCUT2D eigenvalue weighted by molar-refractivity contribution is 0.102. The van der Waals surface area contributed by atoms with Gasteiger partial charge in [-0.05, 0) is 48.5 Å². The van der Waals surface area contributed by atoms with Gasteiger partial charge in [-0.1, -0.05) is 57.1 Å². The number of halogens is 2. The molecule has 7 nitrogen and oxygen atoms in total. The number of carbonyl (C=O) groups excluding carboxylic acids is 1. The summed E-state index contributed by atoms with van der Waals surface area (Å²) in [5.41, 5.74) is 5.62. The molecule has 1 heterocycles. The maximum atomic E-state index is 12.9. The molecule has 1 amide bonds. The van der Waals surface area contributed by atoms with Gasteiger partial charge in [0.25, 0.3) is 5.91 Å². The van der Waals surface area contributed by atoms with Crippen LogP contribution in [0.15, 0.2) is 76.3 Å². The fourth-order valence-electron chi connectivity index (χ4n) is 3.20. The molecule has 3 aromatic carbocycles. The predicted molar refractivity (Wildman–Crippen MR) is 145 cm³/mol. The summed E-state index contributed by atoms with van der Waals surface area (Å²) < 4.78 is 11.7. The third kappa shape index (κ3) is 6.00. The number of benzene rings is 3. The molecule has 0 unspecified atom stereocenters. The number of ether oxygens (including phenoxy) is 2. The Bertz CT molecular complexity index is 1360. The first-order valence-corrected chi connectivity index (χ1v) is 12.3. The minimum Gasteiger partial charge on any atom is -0.493 e. The number of nitrogens with one attached hydrogen (secondary N) is 2. The van der Waals surface area contributed by atoms with Crippen LogP contribution < -0.4 is 20.2 Å². The third-order valence-corrected chi connectivity index (χ3v) is 6.53. The Morgan fingerprint density at radius 1 is 1.06 bits per heavy atom. The SMILES string of the molecule is COc1cccc(/C=N/Nc2nc(-c3ccc(Cl)cc3)c(NC(=O)c3ccc(Br)cc3)s2)c1OC. The van der Waals surface area contributed by atoms with Crippen LogP contribution in [0.4, 0.5) is 10.1 Å². The van der Waals surface area contributed by atoms with E-state index in [1.165, 1.54) is 11.3 Å². The maximum Gasteiger partial charge on any atom is 0.256 e. The molecule has 0 fully saturated rings. The quantitative estimate of drug-likeness (QED) is 0.177. The first-order chi connectivity index (χ1) is 17.0. The number of hydrogen-bond acceptors (Lipinski definition) is 7. The van der Waals surface area contributed by atoms with E-state index in [9.17, 15) is 4.79 Å². The number of methoxy groups -OCH3 is 2. The summed E-state index contributed by atoms with van der Waals surface area (Å²) in [5, 5.41) is 8.96. The van der Waals surface area contributed by atoms with E-state index < -0.39 is 0 Å². The van der Waals surface area contributed by atoms with Crippen molar-refractivity contribution >= 4 is 61.1 Å². The van der Waals surface area contributed by atoms with Gasteiger partial charge in [0.05, 0.1) is 20.4 Å². The van der Waals surface area contributed by atoms with Crippen LogP contribution in [0.1, 0.15) is 15.9 Å². The van der Waals surface area contributed by atoms with Crippen LogP contribution in [0.5, 0.6) is 11.5 Å². The zero-order chi connectivity index (χ0) is 24.8. The summed E-state index contributed by atoms with van der Waals surface area (Å²) in [6.45, 7) is 0. The second-order valence-corrected chi connectivity index (χ2v) is 9.47. The molecule has 1 aromatic heterocycles. The molecule has 10 heteroatoms. The highest BCUT2D eigenvalue weighted by atomic mass is 79.9. The molecule has 0 aliphatic carbocycles. The smallest absolute Gasteiger partial charge is 0.256 e. The van der Waals surface area contributed by atoms with Gasteiger partial charge in [0.15, 0.2) is 11.5 Å². The number of carbonyl (C=O) groups is 1. The number of anilines is 2. The number of aromatic nitrogens is 1. The lowest BCUT2D eigenvalue weighted by Gasteiger charge is -2.09. The third-order valence-electron chi connectivity index (χ3n) is 4.88. The summed E-state index contributed by atoms with van der Waals surface area (Å²) in [5.74, 6) is 0.935. The zero-order valence-electron chi connectivity index (χ0n) is 18.7. The largest absolute Gasteiger partial charge is 0.493 e. The summed E-state index contributed by atoms with van der Waals surface area (Å²) in [6.07, 6.45) is 1.62. The van der Waals surface area contributed by atoms with Crippen LogP contribution in [0.25, 0.3) is 11.3 Å². The van der Waals surface area contributed by atoms with E-state index >= 15 is 0 Å². The zero-order valence-corrected chi connectivity index (χ0v) is 21.9. The van der Waals surface area contributed by atoms with Gasteiger partial charge in [0.1, 0.15) is 10.7 Å². The number of para-hydroxylation sites is 1. The number of amides is 1. The highest BCUT2D eigenvalue weighted by Crippen LogP contribution is 2.37. The van der Waals surface area contributed by atoms with Crippen molar-refractivity contribution < 1.29 is 14.3 Å². The molecule has 0 aliphatic rings. The molecule has 0 saturated carbocycles. The van der Waals surface area contributed by atoms with E-state index in [4.69, 9.17) is 21.1 Å². The molecule has 0 aliphatic heterocycles. The van der Waals surface area contributed by atoms with Crippen molar-refractivity contribution in [1.29, 1.82) is 0 Å². The van der Waals surface area contributed by atoms with Crippen LogP contribution in [0.3, 0.4) is 0 Å². The molecule has 35 heavy (non-hydrogen) atoms. The van der Waals surface area contributed by atoms with Crippen molar-refractivity contribution in [2.24, 2.45) is 5.10 Å². The molecular formula is C25H20BrClN4O3S. The lowest BCUT2D eigenvalue weighted by atomic mass is 10.1. The van der Waals surface area contributed by atoms with Gasteiger partial charge < -0.3 is 14.8 Å². The fraction of sp³-hybridized carbons (Fsp3) is 0.0800. The molecule has 0 radical (unpaired) electrons. The van der Waals surface area contributed by atoms with Crippen molar-refractivity contribution in [2.45, 2.75) is 0 Å². The van der Waals surface area contributed by atoms with Crippen LogP contribution >= 0.6 is 38.9 Å². The maximum absolute atomic E-state index is 12.9. The Labute approximate surface area is 219 Å². The van der Waals surface area contributed by atoms with Gasteiger partial charge in [-0.25, -0.2) is 4.98 Å². The topological polar surface area (TPSA) is 84.8 Å². The van der Waals surface area contributed by atoms with Crippen molar-refractivity contribution in [2.75, 3.05) is 25.0 Å². The van der Waals surface area contributed by atoms with Crippen LogP contribution in [-0.2, 0) is 0 Å². The highest BCUT2D eigenvalue weighted by Gasteiger charge is 2.17. The van der Waals surface area contributed by atoms with Crippen molar-refractivity contribution in [3.8, 4) is 22.8 Å². The number of hydrazone groups is 1. The summed E-state index contributed by atoms with van der Waals surface area (Å²) >= 11 is 10.7. The number of rotatable bonds is 8. The van der Waals surface area contributed by atoms with Gasteiger partial charge >= 0.3 is 0 Å². The first kappa shape index (κ1) is 24.7. The van der Waals surface area contributed by atoms with E-state index in [0.717, 1.165) is 15.6 Å². The van der Waals surface area contributed by atoms with Crippen LogP contribution in [-0.4, -0.2) is 31.3 Å². The van der Waals surface area contributed by atoms with Gasteiger partial charge in [0.2, 0.25) is 5.13 Å². The average molecular weight is 572 g/mol. The van der Waals surface area contributed by atoms with Gasteiger partial charge in [-0.15, -0.1) is 0 Å². The van der Waals surface area contributed by atoms with E-state index in [0.29, 0.717) is 37.9 Å². The highest BCUT2D eigenvalue weighted by molar-refractivity contribution is 9.10. The second kappa shape index (κ2) is 11.4. The standard InChI is InChI=1S/C25H20BrClN4O3S/c1-33-20-5-3-4-17(22(20)34-2)14-28-31-25-29-21(15-8-12-19(27)13-9-15)24(35-25)30-23(32)16-6-10-18(26)11-7-16/h3-14H,1-2H3,(H,29,31)(H,30,32)/b28-14+. The van der Waals surface area contributed by atoms with Gasteiger partial charge in [-0.2, -0.15) is 5.10 Å². The van der Waals surface area contributed by atoms with Gasteiger partial charge in [0, 0.05) is 26.2 Å². The minimum atomic E-state index is -0.243. The fourth-order valence-corrected chi connectivity index (χ4v) is 4.43. The molecule has 0 saturated heterocycles. The van der Waals surface area contributed by atoms with E-state index in [2.05, 4.69) is 36.8 Å². The Morgan fingerprint density at radius 2 is 1.80 bits per heavy atom. The van der Waals surface area contributed by atoms with Crippen molar-refractivity contribution in [1.82, 2.24) is 4.98 Å². The van der Waals surface area contributed by atoms with Gasteiger partial charge in [-0.3, -0.25) is 10.2 Å². The normalized spacial score (nSPS) is 10.9. The molecule has 0 spiro atoms. The van der Waals surface area contributed by atoms with Crippen molar-refractivity contribution in [3.05, 3.63) is 87.4 Å². The Balaban J connectivity index is 1.61. The molecule has 4 aromatic rings. The van der Waals surface area contributed by atoms with Crippen molar-refractivity contribution in [3.63, 3.8) is 0 Å². The molecule has 178 valence electrons.